The van der Waals surface area contributed by atoms with Gasteiger partial charge in [-0.1, -0.05) is 48.2 Å². The lowest BCUT2D eigenvalue weighted by Crippen LogP contribution is -2.00. The van der Waals surface area contributed by atoms with E-state index in [2.05, 4.69) is 15.2 Å². The first-order valence-electron chi connectivity index (χ1n) is 6.15. The number of aromatic nitrogens is 3. The van der Waals surface area contributed by atoms with E-state index in [0.717, 1.165) is 16.3 Å². The van der Waals surface area contributed by atoms with E-state index in [0.29, 0.717) is 10.9 Å². The van der Waals surface area contributed by atoms with Crippen molar-refractivity contribution in [2.75, 3.05) is 5.75 Å². The van der Waals surface area contributed by atoms with Crippen LogP contribution in [0.1, 0.15) is 11.7 Å². The Bertz CT molecular complexity index is 652. The molecule has 0 saturated heterocycles. The van der Waals surface area contributed by atoms with Gasteiger partial charge in [0.25, 0.3) is 0 Å². The van der Waals surface area contributed by atoms with Gasteiger partial charge in [-0.3, -0.25) is 5.10 Å². The van der Waals surface area contributed by atoms with E-state index in [1.54, 1.807) is 11.3 Å². The molecule has 102 valence electrons. The van der Waals surface area contributed by atoms with Crippen molar-refractivity contribution < 1.29 is 5.11 Å². The number of rotatable bonds is 5. The zero-order valence-corrected chi connectivity index (χ0v) is 12.2. The number of aliphatic hydroxyl groups excluding tert-OH is 1. The molecule has 3 rings (SSSR count). The van der Waals surface area contributed by atoms with Crippen LogP contribution in [0.4, 0.5) is 0 Å². The summed E-state index contributed by atoms with van der Waals surface area (Å²) in [4.78, 5) is 5.48. The van der Waals surface area contributed by atoms with E-state index in [1.807, 2.05) is 47.8 Å². The molecule has 0 fully saturated rings. The molecule has 4 nitrogen and oxygen atoms in total. The first-order chi connectivity index (χ1) is 9.83. The molecular weight excluding hydrogens is 290 g/mol. The number of benzene rings is 1. The summed E-state index contributed by atoms with van der Waals surface area (Å²) < 4.78 is 0. The minimum absolute atomic E-state index is 0.509. The van der Waals surface area contributed by atoms with E-state index in [-0.39, 0.29) is 0 Å². The third kappa shape index (κ3) is 3.09. The maximum absolute atomic E-state index is 10.1. The zero-order chi connectivity index (χ0) is 13.8. The van der Waals surface area contributed by atoms with Gasteiger partial charge in [-0.2, -0.15) is 0 Å². The number of thioether (sulfide) groups is 1. The Labute approximate surface area is 124 Å². The molecule has 0 radical (unpaired) electrons. The van der Waals surface area contributed by atoms with E-state index in [9.17, 15) is 5.11 Å². The monoisotopic (exact) mass is 303 g/mol. The van der Waals surface area contributed by atoms with Gasteiger partial charge in [-0.15, -0.1) is 16.4 Å². The molecule has 0 aliphatic heterocycles. The summed E-state index contributed by atoms with van der Waals surface area (Å²) in [5.41, 5.74) is 0.911. The maximum atomic E-state index is 10.1. The van der Waals surface area contributed by atoms with Crippen molar-refractivity contribution in [1.29, 1.82) is 0 Å². The average Bonchev–Trinajstić information content (AvgIpc) is 3.16. The Morgan fingerprint density at radius 2 is 2.05 bits per heavy atom. The normalized spacial score (nSPS) is 12.4. The quantitative estimate of drug-likeness (QED) is 0.710. The fourth-order valence-corrected chi connectivity index (χ4v) is 3.19. The van der Waals surface area contributed by atoms with Gasteiger partial charge >= 0.3 is 0 Å². The number of nitrogens with zero attached hydrogens (tertiary/aromatic N) is 2. The van der Waals surface area contributed by atoms with Crippen LogP contribution in [-0.4, -0.2) is 26.0 Å². The number of hydrogen-bond acceptors (Lipinski definition) is 5. The first-order valence-corrected chi connectivity index (χ1v) is 8.01. The molecule has 0 amide bonds. The van der Waals surface area contributed by atoms with E-state index in [4.69, 9.17) is 0 Å². The molecule has 20 heavy (non-hydrogen) atoms. The Hall–Kier alpha value is -1.63. The van der Waals surface area contributed by atoms with Crippen molar-refractivity contribution in [2.24, 2.45) is 0 Å². The summed E-state index contributed by atoms with van der Waals surface area (Å²) >= 11 is 3.06. The van der Waals surface area contributed by atoms with Crippen LogP contribution in [0.15, 0.2) is 53.0 Å². The molecule has 0 spiro atoms. The van der Waals surface area contributed by atoms with Gasteiger partial charge in [-0.05, 0) is 17.0 Å². The number of aromatic amines is 1. The van der Waals surface area contributed by atoms with Crippen molar-refractivity contribution in [3.8, 4) is 10.7 Å². The highest BCUT2D eigenvalue weighted by Crippen LogP contribution is 2.25. The van der Waals surface area contributed by atoms with Gasteiger partial charge in [0.05, 0.1) is 11.0 Å². The number of H-pyrrole nitrogens is 1. The smallest absolute Gasteiger partial charge is 0.208 e. The van der Waals surface area contributed by atoms with E-state index < -0.39 is 6.10 Å². The largest absolute Gasteiger partial charge is 0.388 e. The van der Waals surface area contributed by atoms with Crippen LogP contribution in [0.3, 0.4) is 0 Å². The Balaban J connectivity index is 1.62. The van der Waals surface area contributed by atoms with Gasteiger partial charge in [0.1, 0.15) is 0 Å². The lowest BCUT2D eigenvalue weighted by Gasteiger charge is -2.08. The molecule has 2 heterocycles. The third-order valence-electron chi connectivity index (χ3n) is 2.77. The molecule has 2 N–H and O–H groups in total. The summed E-state index contributed by atoms with van der Waals surface area (Å²) in [7, 11) is 0. The molecule has 1 atom stereocenters. The number of nitrogens with one attached hydrogen (secondary N) is 1. The zero-order valence-electron chi connectivity index (χ0n) is 10.6. The second-order valence-corrected chi connectivity index (χ2v) is 6.12. The highest BCUT2D eigenvalue weighted by atomic mass is 32.2. The highest BCUT2D eigenvalue weighted by Gasteiger charge is 2.11. The van der Waals surface area contributed by atoms with E-state index >= 15 is 0 Å². The van der Waals surface area contributed by atoms with E-state index in [1.165, 1.54) is 11.8 Å². The Morgan fingerprint density at radius 3 is 2.80 bits per heavy atom. The molecule has 6 heteroatoms. The molecule has 2 aromatic heterocycles. The molecule has 0 aliphatic carbocycles. The lowest BCUT2D eigenvalue weighted by atomic mass is 10.1. The lowest BCUT2D eigenvalue weighted by molar-refractivity contribution is 0.204. The van der Waals surface area contributed by atoms with Crippen molar-refractivity contribution in [2.45, 2.75) is 11.3 Å². The van der Waals surface area contributed by atoms with Crippen molar-refractivity contribution in [1.82, 2.24) is 15.2 Å². The molecule has 0 aliphatic rings. The molecule has 0 saturated carbocycles. The summed E-state index contributed by atoms with van der Waals surface area (Å²) in [6.45, 7) is 0. The molecule has 1 aromatic carbocycles. The summed E-state index contributed by atoms with van der Waals surface area (Å²) in [6, 6.07) is 13.6. The number of thiophene rings is 1. The van der Waals surface area contributed by atoms with Crippen LogP contribution in [0.2, 0.25) is 0 Å². The van der Waals surface area contributed by atoms with Crippen molar-refractivity contribution in [3.63, 3.8) is 0 Å². The van der Waals surface area contributed by atoms with Crippen LogP contribution >= 0.6 is 23.1 Å². The van der Waals surface area contributed by atoms with Gasteiger partial charge < -0.3 is 5.11 Å². The second kappa shape index (κ2) is 6.21. The van der Waals surface area contributed by atoms with Crippen LogP contribution < -0.4 is 0 Å². The van der Waals surface area contributed by atoms with Crippen LogP contribution in [0.5, 0.6) is 0 Å². The molecule has 3 aromatic rings. The maximum Gasteiger partial charge on any atom is 0.208 e. The van der Waals surface area contributed by atoms with Crippen LogP contribution in [0, 0.1) is 0 Å². The molecule has 1 unspecified atom stereocenters. The standard InChI is InChI=1S/C14H13N3OS2/c18-11(10-5-2-1-3-6-10)9-20-14-15-13(16-17-14)12-7-4-8-19-12/h1-8,11,18H,9H2,(H,15,16,17). The highest BCUT2D eigenvalue weighted by molar-refractivity contribution is 7.99. The predicted molar refractivity (Wildman–Crippen MR) is 81.8 cm³/mol. The minimum Gasteiger partial charge on any atom is -0.388 e. The topological polar surface area (TPSA) is 61.8 Å². The third-order valence-corrected chi connectivity index (χ3v) is 4.57. The van der Waals surface area contributed by atoms with Gasteiger partial charge in [0.2, 0.25) is 5.16 Å². The first kappa shape index (κ1) is 13.4. The predicted octanol–water partition coefficient (Wildman–Crippen LogP) is 3.36. The Kier molecular flexibility index (Phi) is 4.15. The summed E-state index contributed by atoms with van der Waals surface area (Å²) in [5, 5.41) is 19.8. The minimum atomic E-state index is -0.509. The van der Waals surface area contributed by atoms with Gasteiger partial charge in [0.15, 0.2) is 5.82 Å². The fourth-order valence-electron chi connectivity index (χ4n) is 1.76. The number of hydrogen-bond donors (Lipinski definition) is 2. The molecular formula is C14H13N3OS2. The van der Waals surface area contributed by atoms with Crippen molar-refractivity contribution >= 4 is 23.1 Å². The van der Waals surface area contributed by atoms with Crippen LogP contribution in [-0.2, 0) is 0 Å². The fraction of sp³-hybridized carbons (Fsp3) is 0.143. The summed E-state index contributed by atoms with van der Waals surface area (Å²) in [6.07, 6.45) is -0.509. The number of aliphatic hydroxyl groups is 1. The summed E-state index contributed by atoms with van der Waals surface area (Å²) in [5.74, 6) is 1.31. The van der Waals surface area contributed by atoms with Crippen molar-refractivity contribution in [3.05, 3.63) is 53.4 Å². The average molecular weight is 303 g/mol. The van der Waals surface area contributed by atoms with Gasteiger partial charge in [-0.25, -0.2) is 4.98 Å². The van der Waals surface area contributed by atoms with Gasteiger partial charge in [0, 0.05) is 5.75 Å². The SMILES string of the molecule is OC(CSc1n[nH]c(-c2cccs2)n1)c1ccccc1. The van der Waals surface area contributed by atoms with Crippen LogP contribution in [0.25, 0.3) is 10.7 Å². The molecule has 0 bridgehead atoms. The second-order valence-electron chi connectivity index (χ2n) is 4.18. The Morgan fingerprint density at radius 1 is 1.20 bits per heavy atom.